The summed E-state index contributed by atoms with van der Waals surface area (Å²) < 4.78 is 5.44. The number of nitrogens with one attached hydrogen (secondary N) is 1. The summed E-state index contributed by atoms with van der Waals surface area (Å²) in [7, 11) is 0. The van der Waals surface area contributed by atoms with Crippen molar-refractivity contribution in [2.45, 2.75) is 25.9 Å². The number of hydrogen-bond acceptors (Lipinski definition) is 3. The third-order valence-corrected chi connectivity index (χ3v) is 6.46. The molecule has 3 heterocycles. The maximum absolute atomic E-state index is 13.0. The number of carbonyl (C=O) groups excluding carboxylic acids is 1. The predicted octanol–water partition coefficient (Wildman–Crippen LogP) is 5.12. The van der Waals surface area contributed by atoms with Gasteiger partial charge in [-0.3, -0.25) is 4.79 Å². The Bertz CT molecular complexity index is 1320. The van der Waals surface area contributed by atoms with E-state index in [0.29, 0.717) is 6.54 Å². The van der Waals surface area contributed by atoms with Gasteiger partial charge >= 0.3 is 0 Å². The van der Waals surface area contributed by atoms with E-state index in [-0.39, 0.29) is 5.91 Å². The van der Waals surface area contributed by atoms with E-state index in [1.165, 1.54) is 5.56 Å². The number of aryl methyl sites for hydroxylation is 3. The SMILES string of the molecule is O=C(NCCCn1cnc2ccccc21)c1cc2sccc2n1CCc1ccccc1. The van der Waals surface area contributed by atoms with Gasteiger partial charge in [0.15, 0.2) is 0 Å². The second-order valence-corrected chi connectivity index (χ2v) is 8.57. The van der Waals surface area contributed by atoms with Crippen LogP contribution in [0, 0.1) is 0 Å². The Morgan fingerprint density at radius 2 is 1.81 bits per heavy atom. The van der Waals surface area contributed by atoms with Gasteiger partial charge < -0.3 is 14.5 Å². The van der Waals surface area contributed by atoms with Crippen LogP contribution in [0.2, 0.25) is 0 Å². The van der Waals surface area contributed by atoms with E-state index in [1.807, 2.05) is 36.7 Å². The Labute approximate surface area is 185 Å². The maximum Gasteiger partial charge on any atom is 0.267 e. The molecule has 3 aromatic heterocycles. The normalized spacial score (nSPS) is 11.4. The Hall–Kier alpha value is -3.38. The van der Waals surface area contributed by atoms with E-state index in [0.717, 1.165) is 52.9 Å². The van der Waals surface area contributed by atoms with Crippen LogP contribution in [0.25, 0.3) is 21.3 Å². The molecule has 0 spiro atoms. The van der Waals surface area contributed by atoms with Crippen LogP contribution in [0.5, 0.6) is 0 Å². The van der Waals surface area contributed by atoms with Crippen molar-refractivity contribution >= 4 is 38.5 Å². The van der Waals surface area contributed by atoms with E-state index in [4.69, 9.17) is 0 Å². The van der Waals surface area contributed by atoms with Crippen LogP contribution in [0.15, 0.2) is 78.4 Å². The summed E-state index contributed by atoms with van der Waals surface area (Å²) in [5.41, 5.74) is 5.28. The fourth-order valence-electron chi connectivity index (χ4n) is 4.02. The van der Waals surface area contributed by atoms with Crippen LogP contribution in [-0.4, -0.2) is 26.6 Å². The third kappa shape index (κ3) is 4.11. The quantitative estimate of drug-likeness (QED) is 0.349. The number of fused-ring (bicyclic) bond motifs is 2. The molecule has 156 valence electrons. The van der Waals surface area contributed by atoms with E-state index < -0.39 is 0 Å². The molecular weight excluding hydrogens is 404 g/mol. The van der Waals surface area contributed by atoms with Gasteiger partial charge in [-0.2, -0.15) is 0 Å². The molecule has 0 atom stereocenters. The topological polar surface area (TPSA) is 51.9 Å². The minimum atomic E-state index is -0.00745. The Balaban J connectivity index is 1.23. The maximum atomic E-state index is 13.0. The van der Waals surface area contributed by atoms with Crippen molar-refractivity contribution in [3.8, 4) is 0 Å². The van der Waals surface area contributed by atoms with Gasteiger partial charge in [0, 0.05) is 19.6 Å². The first kappa shape index (κ1) is 19.6. The second kappa shape index (κ2) is 8.78. The average molecular weight is 429 g/mol. The van der Waals surface area contributed by atoms with E-state index in [9.17, 15) is 4.79 Å². The molecule has 0 saturated heterocycles. The number of amides is 1. The second-order valence-electron chi connectivity index (χ2n) is 7.62. The molecule has 0 aliphatic heterocycles. The van der Waals surface area contributed by atoms with Crippen LogP contribution in [0.1, 0.15) is 22.5 Å². The van der Waals surface area contributed by atoms with E-state index in [2.05, 4.69) is 61.2 Å². The van der Waals surface area contributed by atoms with Gasteiger partial charge in [-0.15, -0.1) is 11.3 Å². The van der Waals surface area contributed by atoms with Crippen LogP contribution >= 0.6 is 11.3 Å². The zero-order valence-electron chi connectivity index (χ0n) is 17.2. The van der Waals surface area contributed by atoms with E-state index >= 15 is 0 Å². The minimum Gasteiger partial charge on any atom is -0.351 e. The zero-order valence-corrected chi connectivity index (χ0v) is 18.0. The molecule has 0 radical (unpaired) electrons. The number of carbonyl (C=O) groups is 1. The third-order valence-electron chi connectivity index (χ3n) is 5.61. The molecule has 5 nitrogen and oxygen atoms in total. The van der Waals surface area contributed by atoms with Gasteiger partial charge in [-0.1, -0.05) is 42.5 Å². The monoisotopic (exact) mass is 428 g/mol. The molecule has 6 heteroatoms. The highest BCUT2D eigenvalue weighted by molar-refractivity contribution is 7.17. The Kier molecular flexibility index (Phi) is 5.54. The number of hydrogen-bond donors (Lipinski definition) is 1. The first-order valence-electron chi connectivity index (χ1n) is 10.6. The van der Waals surface area contributed by atoms with Crippen molar-refractivity contribution in [1.29, 1.82) is 0 Å². The summed E-state index contributed by atoms with van der Waals surface area (Å²) >= 11 is 1.68. The first-order chi connectivity index (χ1) is 15.3. The molecule has 0 aliphatic carbocycles. The molecule has 2 aromatic carbocycles. The van der Waals surface area contributed by atoms with Crippen molar-refractivity contribution in [3.05, 3.63) is 89.7 Å². The summed E-state index contributed by atoms with van der Waals surface area (Å²) in [6.45, 7) is 2.24. The van der Waals surface area contributed by atoms with Crippen molar-refractivity contribution in [1.82, 2.24) is 19.4 Å². The van der Waals surface area contributed by atoms with Gasteiger partial charge in [-0.25, -0.2) is 4.98 Å². The van der Waals surface area contributed by atoms with Crippen LogP contribution in [0.3, 0.4) is 0 Å². The number of rotatable bonds is 8. The van der Waals surface area contributed by atoms with Gasteiger partial charge in [0.25, 0.3) is 5.91 Å². The van der Waals surface area contributed by atoms with Crippen molar-refractivity contribution in [3.63, 3.8) is 0 Å². The van der Waals surface area contributed by atoms with Crippen LogP contribution in [0.4, 0.5) is 0 Å². The highest BCUT2D eigenvalue weighted by atomic mass is 32.1. The van der Waals surface area contributed by atoms with Gasteiger partial charge in [0.1, 0.15) is 5.69 Å². The minimum absolute atomic E-state index is 0.00745. The van der Waals surface area contributed by atoms with Crippen LogP contribution in [-0.2, 0) is 19.5 Å². The summed E-state index contributed by atoms with van der Waals surface area (Å²) in [5, 5.41) is 5.19. The van der Waals surface area contributed by atoms with Gasteiger partial charge in [0.05, 0.1) is 27.6 Å². The largest absolute Gasteiger partial charge is 0.351 e. The molecular formula is C25H24N4OS. The molecule has 0 fully saturated rings. The average Bonchev–Trinajstić information content (AvgIpc) is 3.51. The zero-order chi connectivity index (χ0) is 21.0. The number of thiophene rings is 1. The molecule has 0 unspecified atom stereocenters. The lowest BCUT2D eigenvalue weighted by Crippen LogP contribution is -2.27. The Morgan fingerprint density at radius 3 is 2.71 bits per heavy atom. The van der Waals surface area contributed by atoms with Crippen LogP contribution < -0.4 is 5.32 Å². The molecule has 5 aromatic rings. The van der Waals surface area contributed by atoms with Gasteiger partial charge in [-0.05, 0) is 48.1 Å². The molecule has 0 saturated carbocycles. The Morgan fingerprint density at radius 1 is 0.968 bits per heavy atom. The predicted molar refractivity (Wildman–Crippen MR) is 127 cm³/mol. The highest BCUT2D eigenvalue weighted by Crippen LogP contribution is 2.26. The van der Waals surface area contributed by atoms with Crippen molar-refractivity contribution < 1.29 is 4.79 Å². The van der Waals surface area contributed by atoms with Gasteiger partial charge in [0.2, 0.25) is 0 Å². The number of benzene rings is 2. The lowest BCUT2D eigenvalue weighted by Gasteiger charge is -2.11. The van der Waals surface area contributed by atoms with Crippen molar-refractivity contribution in [2.75, 3.05) is 6.54 Å². The molecule has 1 amide bonds. The standard InChI is InChI=1S/C25H24N4OS/c30-25(26-13-6-14-28-18-27-20-9-4-5-10-21(20)28)23-17-24-22(12-16-31-24)29(23)15-11-19-7-2-1-3-8-19/h1-5,7-10,12,16-18H,6,11,13-15H2,(H,26,30). The molecule has 1 N–H and O–H groups in total. The van der Waals surface area contributed by atoms with E-state index in [1.54, 1.807) is 11.3 Å². The summed E-state index contributed by atoms with van der Waals surface area (Å²) in [6, 6.07) is 22.6. The smallest absolute Gasteiger partial charge is 0.267 e. The number of aromatic nitrogens is 3. The summed E-state index contributed by atoms with van der Waals surface area (Å²) in [4.78, 5) is 17.4. The fraction of sp³-hybridized carbons (Fsp3) is 0.200. The molecule has 0 bridgehead atoms. The lowest BCUT2D eigenvalue weighted by atomic mass is 10.1. The summed E-state index contributed by atoms with van der Waals surface area (Å²) in [5.74, 6) is -0.00745. The molecule has 0 aliphatic rings. The van der Waals surface area contributed by atoms with Crippen molar-refractivity contribution in [2.24, 2.45) is 0 Å². The fourth-order valence-corrected chi connectivity index (χ4v) is 4.84. The highest BCUT2D eigenvalue weighted by Gasteiger charge is 2.16. The number of para-hydroxylation sites is 2. The number of nitrogens with zero attached hydrogens (tertiary/aromatic N) is 3. The molecule has 5 rings (SSSR count). The summed E-state index contributed by atoms with van der Waals surface area (Å²) in [6.07, 6.45) is 3.62. The molecule has 31 heavy (non-hydrogen) atoms. The first-order valence-corrected chi connectivity index (χ1v) is 11.5. The lowest BCUT2D eigenvalue weighted by molar-refractivity contribution is 0.0944. The number of imidazole rings is 1.